The highest BCUT2D eigenvalue weighted by molar-refractivity contribution is 9.10. The molecule has 4 nitrogen and oxygen atoms in total. The molecule has 0 atom stereocenters. The van der Waals surface area contributed by atoms with Crippen LogP contribution in [0.4, 0.5) is 0 Å². The van der Waals surface area contributed by atoms with E-state index in [4.69, 9.17) is 11.6 Å². The fraction of sp³-hybridized carbons (Fsp3) is 0.200. The quantitative estimate of drug-likeness (QED) is 0.946. The highest BCUT2D eigenvalue weighted by Gasteiger charge is 2.09. The lowest BCUT2D eigenvalue weighted by molar-refractivity contribution is 0.712. The summed E-state index contributed by atoms with van der Waals surface area (Å²) in [5, 5.41) is 11.7. The van der Waals surface area contributed by atoms with E-state index in [0.717, 1.165) is 15.9 Å². The van der Waals surface area contributed by atoms with Gasteiger partial charge >= 0.3 is 0 Å². The Bertz CT molecular complexity index is 497. The molecule has 0 fully saturated rings. The fourth-order valence-corrected chi connectivity index (χ4v) is 1.99. The van der Waals surface area contributed by atoms with Gasteiger partial charge in [0.25, 0.3) is 0 Å². The maximum Gasteiger partial charge on any atom is 0.0824 e. The molecule has 84 valence electrons. The predicted molar refractivity (Wildman–Crippen MR) is 66.8 cm³/mol. The van der Waals surface area contributed by atoms with Crippen LogP contribution in [0, 0.1) is 0 Å². The van der Waals surface area contributed by atoms with Gasteiger partial charge in [-0.3, -0.25) is 0 Å². The van der Waals surface area contributed by atoms with Crippen molar-refractivity contribution in [1.29, 1.82) is 0 Å². The van der Waals surface area contributed by atoms with E-state index in [0.29, 0.717) is 11.6 Å². The van der Waals surface area contributed by atoms with Crippen molar-refractivity contribution in [3.05, 3.63) is 39.6 Å². The van der Waals surface area contributed by atoms with E-state index in [2.05, 4.69) is 31.6 Å². The van der Waals surface area contributed by atoms with Crippen LogP contribution in [0.25, 0.3) is 5.69 Å². The van der Waals surface area contributed by atoms with Crippen molar-refractivity contribution in [2.45, 2.75) is 6.54 Å². The summed E-state index contributed by atoms with van der Waals surface area (Å²) in [5.41, 5.74) is 1.86. The average Bonchev–Trinajstić information content (AvgIpc) is 2.70. The number of nitrogens with one attached hydrogen (secondary N) is 1. The second-order valence-electron chi connectivity index (χ2n) is 3.26. The first-order chi connectivity index (χ1) is 7.72. The van der Waals surface area contributed by atoms with E-state index in [9.17, 15) is 0 Å². The van der Waals surface area contributed by atoms with Crippen molar-refractivity contribution in [2.75, 3.05) is 7.05 Å². The summed E-state index contributed by atoms with van der Waals surface area (Å²) in [6.07, 6.45) is 1.73. The average molecular weight is 302 g/mol. The lowest BCUT2D eigenvalue weighted by Gasteiger charge is -2.08. The molecular formula is C10H10BrClN4. The summed E-state index contributed by atoms with van der Waals surface area (Å²) in [4.78, 5) is 0. The summed E-state index contributed by atoms with van der Waals surface area (Å²) < 4.78 is 2.69. The Kier molecular flexibility index (Phi) is 3.58. The molecule has 0 saturated carbocycles. The number of rotatable bonds is 3. The first kappa shape index (κ1) is 11.6. The van der Waals surface area contributed by atoms with Crippen LogP contribution < -0.4 is 5.32 Å². The molecule has 1 aromatic carbocycles. The molecule has 0 saturated heterocycles. The molecule has 0 amide bonds. The normalized spacial score (nSPS) is 10.7. The third kappa shape index (κ3) is 2.26. The van der Waals surface area contributed by atoms with Gasteiger partial charge in [0.05, 0.1) is 17.6 Å². The van der Waals surface area contributed by atoms with Gasteiger partial charge in [-0.05, 0) is 41.2 Å². The van der Waals surface area contributed by atoms with E-state index >= 15 is 0 Å². The van der Waals surface area contributed by atoms with Crippen LogP contribution in [0.5, 0.6) is 0 Å². The largest absolute Gasteiger partial charge is 0.314 e. The SMILES string of the molecule is CNCc1cnnn1-c1cc(Cl)ccc1Br. The third-order valence-corrected chi connectivity index (χ3v) is 3.02. The van der Waals surface area contributed by atoms with Gasteiger partial charge in [0.15, 0.2) is 0 Å². The highest BCUT2D eigenvalue weighted by atomic mass is 79.9. The monoisotopic (exact) mass is 300 g/mol. The van der Waals surface area contributed by atoms with Gasteiger partial charge in [0.2, 0.25) is 0 Å². The first-order valence-electron chi connectivity index (χ1n) is 4.72. The van der Waals surface area contributed by atoms with Crippen molar-refractivity contribution < 1.29 is 0 Å². The van der Waals surface area contributed by atoms with Crippen molar-refractivity contribution in [1.82, 2.24) is 20.3 Å². The van der Waals surface area contributed by atoms with Crippen LogP contribution in [-0.2, 0) is 6.54 Å². The smallest absolute Gasteiger partial charge is 0.0824 e. The van der Waals surface area contributed by atoms with Crippen LogP contribution >= 0.6 is 27.5 Å². The van der Waals surface area contributed by atoms with Crippen molar-refractivity contribution >= 4 is 27.5 Å². The number of nitrogens with zero attached hydrogens (tertiary/aromatic N) is 3. The van der Waals surface area contributed by atoms with Gasteiger partial charge in [-0.15, -0.1) is 5.10 Å². The van der Waals surface area contributed by atoms with Gasteiger partial charge in [-0.1, -0.05) is 16.8 Å². The summed E-state index contributed by atoms with van der Waals surface area (Å²) >= 11 is 9.43. The van der Waals surface area contributed by atoms with E-state index in [1.165, 1.54) is 0 Å². The summed E-state index contributed by atoms with van der Waals surface area (Å²) in [6, 6.07) is 5.56. The minimum Gasteiger partial charge on any atom is -0.314 e. The Morgan fingerprint density at radius 3 is 3.06 bits per heavy atom. The fourth-order valence-electron chi connectivity index (χ4n) is 1.41. The van der Waals surface area contributed by atoms with Gasteiger partial charge in [-0.25, -0.2) is 4.68 Å². The molecular weight excluding hydrogens is 291 g/mol. The Hall–Kier alpha value is -0.910. The van der Waals surface area contributed by atoms with Crippen LogP contribution in [-0.4, -0.2) is 22.0 Å². The molecule has 1 aromatic heterocycles. The molecule has 6 heteroatoms. The molecule has 1 heterocycles. The Labute approximate surface area is 107 Å². The number of hydrogen-bond donors (Lipinski definition) is 1. The molecule has 0 aliphatic rings. The van der Waals surface area contributed by atoms with Crippen molar-refractivity contribution in [3.8, 4) is 5.69 Å². The molecule has 16 heavy (non-hydrogen) atoms. The summed E-state index contributed by atoms with van der Waals surface area (Å²) in [7, 11) is 1.88. The Morgan fingerprint density at radius 2 is 2.31 bits per heavy atom. The van der Waals surface area contributed by atoms with Crippen LogP contribution in [0.3, 0.4) is 0 Å². The Balaban J connectivity index is 2.49. The molecule has 0 spiro atoms. The zero-order chi connectivity index (χ0) is 11.5. The van der Waals surface area contributed by atoms with E-state index in [1.54, 1.807) is 10.9 Å². The molecule has 2 rings (SSSR count). The van der Waals surface area contributed by atoms with Crippen LogP contribution in [0.15, 0.2) is 28.9 Å². The van der Waals surface area contributed by atoms with Crippen LogP contribution in [0.1, 0.15) is 5.69 Å². The second-order valence-corrected chi connectivity index (χ2v) is 4.55. The zero-order valence-corrected chi connectivity index (χ0v) is 11.0. The summed E-state index contributed by atoms with van der Waals surface area (Å²) in [6.45, 7) is 0.700. The number of halogens is 2. The standard InChI is InChI=1S/C10H10BrClN4/c1-13-5-8-6-14-15-16(8)10-4-7(12)2-3-9(10)11/h2-4,6,13H,5H2,1H3. The number of hydrogen-bond acceptors (Lipinski definition) is 3. The maximum atomic E-state index is 5.97. The van der Waals surface area contributed by atoms with E-state index in [1.807, 2.05) is 25.2 Å². The molecule has 0 unspecified atom stereocenters. The molecule has 2 aromatic rings. The van der Waals surface area contributed by atoms with Gasteiger partial charge in [0.1, 0.15) is 0 Å². The van der Waals surface area contributed by atoms with Gasteiger partial charge < -0.3 is 5.32 Å². The lowest BCUT2D eigenvalue weighted by Crippen LogP contribution is -2.11. The molecule has 0 aliphatic heterocycles. The lowest BCUT2D eigenvalue weighted by atomic mass is 10.3. The molecule has 0 bridgehead atoms. The van der Waals surface area contributed by atoms with Crippen LogP contribution in [0.2, 0.25) is 5.02 Å². The van der Waals surface area contributed by atoms with Gasteiger partial charge in [-0.2, -0.15) is 0 Å². The molecule has 0 aliphatic carbocycles. The first-order valence-corrected chi connectivity index (χ1v) is 5.89. The predicted octanol–water partition coefficient (Wildman–Crippen LogP) is 2.40. The minimum atomic E-state index is 0.670. The Morgan fingerprint density at radius 1 is 1.50 bits per heavy atom. The summed E-state index contributed by atoms with van der Waals surface area (Å²) in [5.74, 6) is 0. The van der Waals surface area contributed by atoms with Gasteiger partial charge in [0, 0.05) is 16.0 Å². The topological polar surface area (TPSA) is 42.7 Å². The highest BCUT2D eigenvalue weighted by Crippen LogP contribution is 2.24. The van der Waals surface area contributed by atoms with E-state index < -0.39 is 0 Å². The number of benzene rings is 1. The molecule has 1 N–H and O–H groups in total. The zero-order valence-electron chi connectivity index (χ0n) is 8.61. The molecule has 0 radical (unpaired) electrons. The third-order valence-electron chi connectivity index (χ3n) is 2.11. The maximum absolute atomic E-state index is 5.97. The number of aromatic nitrogens is 3. The van der Waals surface area contributed by atoms with Crippen molar-refractivity contribution in [2.24, 2.45) is 0 Å². The second kappa shape index (κ2) is 4.95. The minimum absolute atomic E-state index is 0.670. The van der Waals surface area contributed by atoms with Crippen molar-refractivity contribution in [3.63, 3.8) is 0 Å². The van der Waals surface area contributed by atoms with E-state index in [-0.39, 0.29) is 0 Å².